The number of anilines is 1. The molecule has 5 rings (SSSR count). The zero-order valence-corrected chi connectivity index (χ0v) is 24.2. The molecule has 4 aromatic rings. The van der Waals surface area contributed by atoms with Crippen molar-refractivity contribution in [1.82, 2.24) is 9.88 Å². The van der Waals surface area contributed by atoms with Gasteiger partial charge in [-0.1, -0.05) is 41.4 Å². The molecule has 0 unspecified atom stereocenters. The lowest BCUT2D eigenvalue weighted by Crippen LogP contribution is -2.54. The van der Waals surface area contributed by atoms with Crippen LogP contribution in [0.5, 0.6) is 5.75 Å². The van der Waals surface area contributed by atoms with Gasteiger partial charge in [0.2, 0.25) is 0 Å². The number of hydrogen-bond acceptors (Lipinski definition) is 4. The molecule has 3 aromatic carbocycles. The fourth-order valence-electron chi connectivity index (χ4n) is 4.86. The third-order valence-electron chi connectivity index (χ3n) is 6.88. The lowest BCUT2D eigenvalue weighted by molar-refractivity contribution is -0.122. The molecule has 6 nitrogen and oxygen atoms in total. The van der Waals surface area contributed by atoms with Crippen LogP contribution in [0.3, 0.4) is 0 Å². The zero-order valence-electron chi connectivity index (χ0n) is 22.6. The van der Waals surface area contributed by atoms with E-state index < -0.39 is 11.8 Å². The Labute approximate surface area is 243 Å². The Morgan fingerprint density at radius 2 is 1.62 bits per heavy atom. The summed E-state index contributed by atoms with van der Waals surface area (Å²) in [5, 5.41) is 3.44. The molecule has 1 saturated heterocycles. The summed E-state index contributed by atoms with van der Waals surface area (Å²) in [6.45, 7) is 8.29. The van der Waals surface area contributed by atoms with Crippen LogP contribution in [0, 0.1) is 27.7 Å². The number of aromatic nitrogens is 1. The van der Waals surface area contributed by atoms with Crippen LogP contribution < -0.4 is 15.0 Å². The average Bonchev–Trinajstić information content (AvgIpc) is 3.20. The summed E-state index contributed by atoms with van der Waals surface area (Å²) in [7, 11) is 0. The summed E-state index contributed by atoms with van der Waals surface area (Å²) in [6.07, 6.45) is 1.64. The molecule has 1 N–H and O–H groups in total. The number of benzene rings is 3. The second kappa shape index (κ2) is 11.1. The summed E-state index contributed by atoms with van der Waals surface area (Å²) in [5.74, 6) is -0.217. The first-order valence-electron chi connectivity index (χ1n) is 12.8. The largest absolute Gasteiger partial charge is 0.489 e. The summed E-state index contributed by atoms with van der Waals surface area (Å²) < 4.78 is 8.00. The van der Waals surface area contributed by atoms with Gasteiger partial charge in [0.05, 0.1) is 5.69 Å². The number of nitrogens with one attached hydrogen (secondary N) is 1. The average molecular weight is 570 g/mol. The molecule has 1 aliphatic rings. The zero-order chi connectivity index (χ0) is 28.6. The molecule has 0 spiro atoms. The number of rotatable bonds is 6. The number of amides is 2. The monoisotopic (exact) mass is 569 g/mol. The maximum Gasteiger partial charge on any atom is 0.270 e. The van der Waals surface area contributed by atoms with Crippen molar-refractivity contribution in [2.24, 2.45) is 0 Å². The second-order valence-corrected chi connectivity index (χ2v) is 10.6. The molecule has 0 saturated carbocycles. The minimum absolute atomic E-state index is 0.0276. The molecule has 1 aromatic heterocycles. The highest BCUT2D eigenvalue weighted by Gasteiger charge is 2.35. The smallest absolute Gasteiger partial charge is 0.270 e. The van der Waals surface area contributed by atoms with Gasteiger partial charge in [-0.05, 0) is 111 Å². The minimum atomic E-state index is -0.511. The van der Waals surface area contributed by atoms with E-state index in [4.69, 9.17) is 28.6 Å². The van der Waals surface area contributed by atoms with Crippen LogP contribution in [-0.2, 0) is 16.2 Å². The number of thiocarbonyl (C=S) groups is 1. The number of aryl methyl sites for hydroxylation is 3. The maximum atomic E-state index is 13.6. The molecule has 0 aliphatic carbocycles. The van der Waals surface area contributed by atoms with E-state index in [2.05, 4.69) is 9.88 Å². The topological polar surface area (TPSA) is 63.6 Å². The standard InChI is InChI=1S/C32H28ClN3O3S/c1-19-5-14-29(20(2)15-19)36-31(38)28(30(37)34-32(36)40)17-24-16-21(3)35(22(24)4)26-10-12-27(13-11-26)39-18-23-6-8-25(33)9-7-23/h5-17H,18H2,1-4H3,(H,34,37,40)/b28-17+. The van der Waals surface area contributed by atoms with Crippen LogP contribution in [0.1, 0.15) is 33.6 Å². The van der Waals surface area contributed by atoms with Gasteiger partial charge in [-0.25, -0.2) is 0 Å². The third-order valence-corrected chi connectivity index (χ3v) is 7.42. The quantitative estimate of drug-likeness (QED) is 0.158. The number of carbonyl (C=O) groups is 2. The summed E-state index contributed by atoms with van der Waals surface area (Å²) in [6, 6.07) is 23.1. The van der Waals surface area contributed by atoms with Crippen molar-refractivity contribution in [2.45, 2.75) is 34.3 Å². The predicted octanol–water partition coefficient (Wildman–Crippen LogP) is 6.77. The lowest BCUT2D eigenvalue weighted by Gasteiger charge is -2.30. The first-order chi connectivity index (χ1) is 19.1. The van der Waals surface area contributed by atoms with Gasteiger partial charge in [-0.15, -0.1) is 0 Å². The predicted molar refractivity (Wildman–Crippen MR) is 163 cm³/mol. The van der Waals surface area contributed by atoms with Gasteiger partial charge < -0.3 is 9.30 Å². The number of ether oxygens (including phenoxy) is 1. The highest BCUT2D eigenvalue weighted by molar-refractivity contribution is 7.80. The fraction of sp³-hybridized carbons (Fsp3) is 0.156. The van der Waals surface area contributed by atoms with Crippen molar-refractivity contribution in [3.05, 3.63) is 117 Å². The highest BCUT2D eigenvalue weighted by atomic mass is 35.5. The lowest BCUT2D eigenvalue weighted by atomic mass is 10.0. The van der Waals surface area contributed by atoms with Gasteiger partial charge in [0.25, 0.3) is 11.8 Å². The molecule has 1 aliphatic heterocycles. The van der Waals surface area contributed by atoms with Gasteiger partial charge in [-0.3, -0.25) is 19.8 Å². The molecule has 0 atom stereocenters. The van der Waals surface area contributed by atoms with Crippen LogP contribution in [0.25, 0.3) is 11.8 Å². The third kappa shape index (κ3) is 5.43. The van der Waals surface area contributed by atoms with Crippen LogP contribution >= 0.6 is 23.8 Å². The first kappa shape index (κ1) is 27.4. The molecule has 40 heavy (non-hydrogen) atoms. The first-order valence-corrected chi connectivity index (χ1v) is 13.6. The Hall–Kier alpha value is -4.20. The molecule has 2 amide bonds. The van der Waals surface area contributed by atoms with E-state index in [9.17, 15) is 9.59 Å². The molecule has 8 heteroatoms. The molecular weight excluding hydrogens is 542 g/mol. The SMILES string of the molecule is Cc1ccc(N2C(=O)/C(=C/c3cc(C)n(-c4ccc(OCc5ccc(Cl)cc5)cc4)c3C)C(=O)NC2=S)c(C)c1. The minimum Gasteiger partial charge on any atom is -0.489 e. The van der Waals surface area contributed by atoms with E-state index in [0.29, 0.717) is 17.3 Å². The molecule has 202 valence electrons. The van der Waals surface area contributed by atoms with Gasteiger partial charge in [0.15, 0.2) is 5.11 Å². The second-order valence-electron chi connectivity index (χ2n) is 9.82. The van der Waals surface area contributed by atoms with E-state index in [1.165, 1.54) is 4.90 Å². The van der Waals surface area contributed by atoms with Gasteiger partial charge in [-0.2, -0.15) is 0 Å². The van der Waals surface area contributed by atoms with E-state index in [-0.39, 0.29) is 10.7 Å². The Balaban J connectivity index is 1.40. The van der Waals surface area contributed by atoms with Crippen LogP contribution in [0.2, 0.25) is 5.02 Å². The van der Waals surface area contributed by atoms with E-state index in [1.807, 2.05) is 100 Å². The van der Waals surface area contributed by atoms with Crippen LogP contribution in [-0.4, -0.2) is 21.5 Å². The van der Waals surface area contributed by atoms with Gasteiger partial charge in [0.1, 0.15) is 17.9 Å². The fourth-order valence-corrected chi connectivity index (χ4v) is 5.26. The van der Waals surface area contributed by atoms with Crippen molar-refractivity contribution in [3.8, 4) is 11.4 Å². The molecule has 0 bridgehead atoms. The number of carbonyl (C=O) groups excluding carboxylic acids is 2. The van der Waals surface area contributed by atoms with Crippen molar-refractivity contribution >= 4 is 52.5 Å². The van der Waals surface area contributed by atoms with Gasteiger partial charge in [0, 0.05) is 22.1 Å². The number of nitrogens with zero attached hydrogens (tertiary/aromatic N) is 2. The number of hydrogen-bond donors (Lipinski definition) is 1. The Kier molecular flexibility index (Phi) is 7.61. The summed E-state index contributed by atoms with van der Waals surface area (Å²) >= 11 is 11.3. The summed E-state index contributed by atoms with van der Waals surface area (Å²) in [5.41, 5.74) is 7.24. The Bertz CT molecular complexity index is 1670. The Morgan fingerprint density at radius 1 is 0.925 bits per heavy atom. The van der Waals surface area contributed by atoms with Crippen molar-refractivity contribution in [1.29, 1.82) is 0 Å². The molecular formula is C32H28ClN3O3S. The van der Waals surface area contributed by atoms with Crippen LogP contribution in [0.15, 0.2) is 78.4 Å². The maximum absolute atomic E-state index is 13.6. The molecule has 1 fully saturated rings. The van der Waals surface area contributed by atoms with E-state index in [1.54, 1.807) is 6.08 Å². The number of halogens is 1. The molecule has 2 heterocycles. The summed E-state index contributed by atoms with van der Waals surface area (Å²) in [4.78, 5) is 27.8. The van der Waals surface area contributed by atoms with Crippen molar-refractivity contribution in [3.63, 3.8) is 0 Å². The molecule has 0 radical (unpaired) electrons. The van der Waals surface area contributed by atoms with E-state index >= 15 is 0 Å². The van der Waals surface area contributed by atoms with Crippen molar-refractivity contribution in [2.75, 3.05) is 4.90 Å². The Morgan fingerprint density at radius 3 is 2.30 bits per heavy atom. The highest BCUT2D eigenvalue weighted by Crippen LogP contribution is 2.29. The van der Waals surface area contributed by atoms with Crippen molar-refractivity contribution < 1.29 is 14.3 Å². The van der Waals surface area contributed by atoms with Crippen LogP contribution in [0.4, 0.5) is 5.69 Å². The van der Waals surface area contributed by atoms with E-state index in [0.717, 1.165) is 45.1 Å². The normalized spacial score (nSPS) is 14.6. The van der Waals surface area contributed by atoms with Gasteiger partial charge >= 0.3 is 0 Å².